The van der Waals surface area contributed by atoms with E-state index < -0.39 is 0 Å². The Hall–Kier alpha value is -0.910. The molecule has 3 N–H and O–H groups in total. The molecule has 1 aromatic heterocycles. The number of aromatic nitrogens is 2. The Kier molecular flexibility index (Phi) is 5.79. The van der Waals surface area contributed by atoms with E-state index in [1.165, 1.54) is 31.4 Å². The Labute approximate surface area is 128 Å². The van der Waals surface area contributed by atoms with Crippen LogP contribution in [-0.2, 0) is 24.6 Å². The van der Waals surface area contributed by atoms with Crippen molar-refractivity contribution in [3.63, 3.8) is 0 Å². The van der Waals surface area contributed by atoms with Gasteiger partial charge in [0.05, 0.1) is 17.3 Å². The van der Waals surface area contributed by atoms with Crippen molar-refractivity contribution in [1.29, 1.82) is 0 Å². The van der Waals surface area contributed by atoms with E-state index in [9.17, 15) is 0 Å². The first-order valence-corrected chi connectivity index (χ1v) is 8.18. The summed E-state index contributed by atoms with van der Waals surface area (Å²) in [5.74, 6) is 5.89. The highest BCUT2D eigenvalue weighted by molar-refractivity contribution is 5.13. The summed E-state index contributed by atoms with van der Waals surface area (Å²) in [6, 6.07) is 2.31. The van der Waals surface area contributed by atoms with Crippen molar-refractivity contribution in [3.8, 4) is 0 Å². The fourth-order valence-electron chi connectivity index (χ4n) is 3.56. The van der Waals surface area contributed by atoms with Gasteiger partial charge in [-0.15, -0.1) is 0 Å². The van der Waals surface area contributed by atoms with Crippen LogP contribution in [0.15, 0.2) is 6.07 Å². The second-order valence-corrected chi connectivity index (χ2v) is 6.21. The maximum atomic E-state index is 5.98. The van der Waals surface area contributed by atoms with Crippen LogP contribution in [0.2, 0.25) is 0 Å². The van der Waals surface area contributed by atoms with E-state index in [0.29, 0.717) is 0 Å². The van der Waals surface area contributed by atoms with Crippen LogP contribution in [0.1, 0.15) is 56.8 Å². The average molecular weight is 294 g/mol. The molecule has 0 radical (unpaired) electrons. The summed E-state index contributed by atoms with van der Waals surface area (Å²) in [4.78, 5) is 0. The SMILES string of the molecule is CCc1cc(CC(NN)C2(OC)CCCCCC2)n(C)n1. The van der Waals surface area contributed by atoms with Crippen molar-refractivity contribution in [2.45, 2.75) is 69.9 Å². The molecule has 0 aliphatic heterocycles. The van der Waals surface area contributed by atoms with Crippen molar-refractivity contribution in [2.24, 2.45) is 12.9 Å². The molecule has 1 aliphatic rings. The highest BCUT2D eigenvalue weighted by Gasteiger charge is 2.39. The van der Waals surface area contributed by atoms with Crippen LogP contribution in [0.3, 0.4) is 0 Å². The second kappa shape index (κ2) is 7.38. The smallest absolute Gasteiger partial charge is 0.0848 e. The molecule has 2 rings (SSSR count). The fourth-order valence-corrected chi connectivity index (χ4v) is 3.56. The fraction of sp³-hybridized carbons (Fsp3) is 0.812. The molecule has 0 saturated heterocycles. The third-order valence-electron chi connectivity index (χ3n) is 5.00. The molecule has 0 spiro atoms. The minimum Gasteiger partial charge on any atom is -0.377 e. The molecule has 1 aromatic rings. The van der Waals surface area contributed by atoms with Crippen LogP contribution in [0, 0.1) is 0 Å². The molecule has 1 atom stereocenters. The van der Waals surface area contributed by atoms with E-state index in [2.05, 4.69) is 23.5 Å². The lowest BCUT2D eigenvalue weighted by molar-refractivity contribution is -0.0530. The van der Waals surface area contributed by atoms with E-state index in [4.69, 9.17) is 10.6 Å². The molecule has 0 bridgehead atoms. The number of nitrogens with two attached hydrogens (primary N) is 1. The van der Waals surface area contributed by atoms with Gasteiger partial charge in [-0.1, -0.05) is 32.6 Å². The molecule has 1 aliphatic carbocycles. The standard InChI is InChI=1S/C16H30N4O/c1-4-13-11-14(20(2)19-13)12-15(18-17)16(21-3)9-7-5-6-8-10-16/h11,15,18H,4-10,12,17H2,1-3H3. The zero-order valence-electron chi connectivity index (χ0n) is 13.7. The summed E-state index contributed by atoms with van der Waals surface area (Å²) in [5.41, 5.74) is 5.23. The quantitative estimate of drug-likeness (QED) is 0.479. The van der Waals surface area contributed by atoms with E-state index in [1.54, 1.807) is 0 Å². The maximum absolute atomic E-state index is 5.98. The molecule has 1 fully saturated rings. The Morgan fingerprint density at radius 2 is 2.05 bits per heavy atom. The molecule has 21 heavy (non-hydrogen) atoms. The van der Waals surface area contributed by atoms with Gasteiger partial charge >= 0.3 is 0 Å². The minimum atomic E-state index is -0.151. The van der Waals surface area contributed by atoms with Gasteiger partial charge in [-0.2, -0.15) is 5.10 Å². The third kappa shape index (κ3) is 3.65. The van der Waals surface area contributed by atoms with Gasteiger partial charge in [0, 0.05) is 26.3 Å². The van der Waals surface area contributed by atoms with Crippen LogP contribution in [-0.4, -0.2) is 28.5 Å². The van der Waals surface area contributed by atoms with Crippen molar-refractivity contribution < 1.29 is 4.74 Å². The van der Waals surface area contributed by atoms with Gasteiger partial charge < -0.3 is 4.74 Å². The minimum absolute atomic E-state index is 0.126. The molecular formula is C16H30N4O. The predicted octanol–water partition coefficient (Wildman–Crippen LogP) is 2.10. The predicted molar refractivity (Wildman–Crippen MR) is 84.8 cm³/mol. The summed E-state index contributed by atoms with van der Waals surface area (Å²) < 4.78 is 7.96. The lowest BCUT2D eigenvalue weighted by Crippen LogP contribution is -2.55. The number of nitrogens with one attached hydrogen (secondary N) is 1. The number of aryl methyl sites for hydroxylation is 2. The molecule has 0 aromatic carbocycles. The first-order valence-electron chi connectivity index (χ1n) is 8.18. The number of hydrogen-bond donors (Lipinski definition) is 2. The molecule has 5 heteroatoms. The highest BCUT2D eigenvalue weighted by atomic mass is 16.5. The number of hydrogen-bond acceptors (Lipinski definition) is 4. The molecule has 120 valence electrons. The van der Waals surface area contributed by atoms with Crippen molar-refractivity contribution in [1.82, 2.24) is 15.2 Å². The number of nitrogens with zero attached hydrogens (tertiary/aromatic N) is 2. The largest absolute Gasteiger partial charge is 0.377 e. The Morgan fingerprint density at radius 1 is 1.38 bits per heavy atom. The van der Waals surface area contributed by atoms with Gasteiger partial charge in [0.1, 0.15) is 0 Å². The third-order valence-corrected chi connectivity index (χ3v) is 5.00. The molecular weight excluding hydrogens is 264 g/mol. The summed E-state index contributed by atoms with van der Waals surface area (Å²) in [7, 11) is 3.84. The second-order valence-electron chi connectivity index (χ2n) is 6.21. The van der Waals surface area contributed by atoms with Crippen LogP contribution in [0.5, 0.6) is 0 Å². The zero-order valence-corrected chi connectivity index (χ0v) is 13.7. The average Bonchev–Trinajstić information content (AvgIpc) is 2.72. The van der Waals surface area contributed by atoms with Gasteiger partial charge in [0.2, 0.25) is 0 Å². The number of hydrazine groups is 1. The normalized spacial score (nSPS) is 20.2. The van der Waals surface area contributed by atoms with Crippen molar-refractivity contribution in [2.75, 3.05) is 7.11 Å². The molecule has 1 unspecified atom stereocenters. The lowest BCUT2D eigenvalue weighted by Gasteiger charge is -2.39. The van der Waals surface area contributed by atoms with Gasteiger partial charge in [0.15, 0.2) is 0 Å². The van der Waals surface area contributed by atoms with E-state index in [1.807, 2.05) is 18.8 Å². The zero-order chi connectivity index (χ0) is 15.3. The summed E-state index contributed by atoms with van der Waals surface area (Å²) in [5, 5.41) is 4.54. The topological polar surface area (TPSA) is 65.1 Å². The van der Waals surface area contributed by atoms with E-state index in [-0.39, 0.29) is 11.6 Å². The van der Waals surface area contributed by atoms with Crippen molar-refractivity contribution >= 4 is 0 Å². The summed E-state index contributed by atoms with van der Waals surface area (Å²) >= 11 is 0. The monoisotopic (exact) mass is 294 g/mol. The first-order chi connectivity index (χ1) is 10.1. The van der Waals surface area contributed by atoms with Gasteiger partial charge in [-0.25, -0.2) is 0 Å². The van der Waals surface area contributed by atoms with E-state index in [0.717, 1.165) is 31.4 Å². The Balaban J connectivity index is 2.18. The van der Waals surface area contributed by atoms with Crippen molar-refractivity contribution in [3.05, 3.63) is 17.5 Å². The molecule has 1 heterocycles. The molecule has 0 amide bonds. The number of rotatable bonds is 6. The Morgan fingerprint density at radius 3 is 2.52 bits per heavy atom. The lowest BCUT2D eigenvalue weighted by atomic mass is 9.84. The first kappa shape index (κ1) is 16.5. The van der Waals surface area contributed by atoms with Crippen LogP contribution < -0.4 is 11.3 Å². The summed E-state index contributed by atoms with van der Waals surface area (Å²) in [6.45, 7) is 2.13. The summed E-state index contributed by atoms with van der Waals surface area (Å²) in [6.07, 6.45) is 9.02. The van der Waals surface area contributed by atoms with Crippen LogP contribution in [0.25, 0.3) is 0 Å². The molecule has 1 saturated carbocycles. The highest BCUT2D eigenvalue weighted by Crippen LogP contribution is 2.34. The maximum Gasteiger partial charge on any atom is 0.0848 e. The van der Waals surface area contributed by atoms with Crippen LogP contribution >= 0.6 is 0 Å². The molecule has 5 nitrogen and oxygen atoms in total. The number of methoxy groups -OCH3 is 1. The van der Waals surface area contributed by atoms with Crippen LogP contribution in [0.4, 0.5) is 0 Å². The van der Waals surface area contributed by atoms with Gasteiger partial charge in [-0.05, 0) is 25.3 Å². The van der Waals surface area contributed by atoms with E-state index >= 15 is 0 Å². The van der Waals surface area contributed by atoms with Gasteiger partial charge in [0.25, 0.3) is 0 Å². The Bertz CT molecular complexity index is 435. The number of ether oxygens (including phenoxy) is 1. The van der Waals surface area contributed by atoms with Gasteiger partial charge in [-0.3, -0.25) is 16.0 Å².